The van der Waals surface area contributed by atoms with E-state index in [0.717, 1.165) is 30.0 Å². The fraction of sp³-hybridized carbons (Fsp3) is 0.320. The summed E-state index contributed by atoms with van der Waals surface area (Å²) in [5.41, 5.74) is 3.71. The molecule has 0 radical (unpaired) electrons. The van der Waals surface area contributed by atoms with Gasteiger partial charge in [-0.2, -0.15) is 0 Å². The van der Waals surface area contributed by atoms with Crippen LogP contribution in [0.1, 0.15) is 31.7 Å². The Kier molecular flexibility index (Phi) is 6.38. The molecule has 1 amide bonds. The number of hydrogen-bond donors (Lipinski definition) is 1. The molecule has 0 fully saturated rings. The molecule has 5 nitrogen and oxygen atoms in total. The molecule has 2 aromatic carbocycles. The average molecular weight is 405 g/mol. The van der Waals surface area contributed by atoms with Gasteiger partial charge in [0.15, 0.2) is 11.5 Å². The number of carbonyl (C=O) groups excluding carboxylic acids is 1. The van der Waals surface area contributed by atoms with Gasteiger partial charge in [0.2, 0.25) is 5.91 Å². The molecule has 0 saturated heterocycles. The highest BCUT2D eigenvalue weighted by Gasteiger charge is 2.19. The molecule has 2 heterocycles. The second kappa shape index (κ2) is 9.53. The summed E-state index contributed by atoms with van der Waals surface area (Å²) in [6.07, 6.45) is 6.32. The third-order valence-corrected chi connectivity index (χ3v) is 5.44. The van der Waals surface area contributed by atoms with Gasteiger partial charge >= 0.3 is 0 Å². The summed E-state index contributed by atoms with van der Waals surface area (Å²) in [4.78, 5) is 17.9. The third kappa shape index (κ3) is 4.51. The molecule has 0 aliphatic carbocycles. The minimum absolute atomic E-state index is 0.186. The molecule has 30 heavy (non-hydrogen) atoms. The summed E-state index contributed by atoms with van der Waals surface area (Å²) < 4.78 is 11.4. The Balaban J connectivity index is 1.27. The molecule has 1 aliphatic heterocycles. The van der Waals surface area contributed by atoms with E-state index in [1.165, 1.54) is 16.5 Å². The Morgan fingerprint density at radius 3 is 2.60 bits per heavy atom. The highest BCUT2D eigenvalue weighted by molar-refractivity contribution is 5.93. The zero-order valence-electron chi connectivity index (χ0n) is 17.4. The average Bonchev–Trinajstić information content (AvgIpc) is 3.22. The normalized spacial score (nSPS) is 13.9. The van der Waals surface area contributed by atoms with Crippen molar-refractivity contribution in [2.45, 2.75) is 26.2 Å². The predicted octanol–water partition coefficient (Wildman–Crippen LogP) is 5.04. The summed E-state index contributed by atoms with van der Waals surface area (Å²) in [6.45, 7) is 4.48. The van der Waals surface area contributed by atoms with Crippen molar-refractivity contribution in [1.29, 1.82) is 0 Å². The summed E-state index contributed by atoms with van der Waals surface area (Å²) in [6, 6.07) is 16.0. The van der Waals surface area contributed by atoms with Gasteiger partial charge in [-0.25, -0.2) is 0 Å². The number of rotatable bonds is 8. The number of carbonyl (C=O) groups is 1. The lowest BCUT2D eigenvalue weighted by molar-refractivity contribution is -0.131. The first-order valence-electron chi connectivity index (χ1n) is 10.6. The maximum absolute atomic E-state index is 12.6. The van der Waals surface area contributed by atoms with Gasteiger partial charge in [0, 0.05) is 42.2 Å². The summed E-state index contributed by atoms with van der Waals surface area (Å²) in [5, 5.41) is 1.24. The van der Waals surface area contributed by atoms with Crippen LogP contribution < -0.4 is 9.47 Å². The summed E-state index contributed by atoms with van der Waals surface area (Å²) in [7, 11) is 0. The van der Waals surface area contributed by atoms with Gasteiger partial charge in [0.1, 0.15) is 0 Å². The van der Waals surface area contributed by atoms with Crippen molar-refractivity contribution in [2.75, 3.05) is 26.3 Å². The van der Waals surface area contributed by atoms with Crippen LogP contribution in [0, 0.1) is 0 Å². The topological polar surface area (TPSA) is 54.6 Å². The van der Waals surface area contributed by atoms with Crippen LogP contribution in [-0.2, 0) is 4.79 Å². The number of nitrogens with one attached hydrogen (secondary N) is 1. The first-order valence-corrected chi connectivity index (χ1v) is 10.6. The van der Waals surface area contributed by atoms with Crippen LogP contribution in [0.3, 0.4) is 0 Å². The van der Waals surface area contributed by atoms with E-state index in [1.807, 2.05) is 42.2 Å². The number of ether oxygens (including phenoxy) is 2. The van der Waals surface area contributed by atoms with E-state index >= 15 is 0 Å². The number of hydrogen-bond acceptors (Lipinski definition) is 3. The Labute approximate surface area is 177 Å². The predicted molar refractivity (Wildman–Crippen MR) is 120 cm³/mol. The number of benzene rings is 2. The molecule has 156 valence electrons. The maximum Gasteiger partial charge on any atom is 0.222 e. The minimum Gasteiger partial charge on any atom is -0.490 e. The molecular weight excluding hydrogens is 376 g/mol. The lowest BCUT2D eigenvalue weighted by atomic mass is 9.99. The first-order chi connectivity index (χ1) is 14.8. The molecule has 3 aromatic rings. The number of aromatic nitrogens is 1. The zero-order chi connectivity index (χ0) is 20.8. The van der Waals surface area contributed by atoms with Gasteiger partial charge < -0.3 is 19.4 Å². The molecule has 0 bridgehead atoms. The van der Waals surface area contributed by atoms with E-state index in [9.17, 15) is 4.79 Å². The van der Waals surface area contributed by atoms with Crippen LogP contribution >= 0.6 is 0 Å². The Morgan fingerprint density at radius 2 is 1.83 bits per heavy atom. The largest absolute Gasteiger partial charge is 0.490 e. The second-order valence-electron chi connectivity index (χ2n) is 7.40. The van der Waals surface area contributed by atoms with Crippen molar-refractivity contribution in [3.05, 3.63) is 66.4 Å². The summed E-state index contributed by atoms with van der Waals surface area (Å²) in [5.74, 6) is 1.67. The molecular formula is C25H28N2O3. The van der Waals surface area contributed by atoms with E-state index in [0.29, 0.717) is 32.6 Å². The van der Waals surface area contributed by atoms with Gasteiger partial charge in [-0.3, -0.25) is 4.79 Å². The molecule has 4 rings (SSSR count). The molecule has 1 aromatic heterocycles. The van der Waals surface area contributed by atoms with E-state index in [4.69, 9.17) is 9.47 Å². The van der Waals surface area contributed by atoms with Crippen molar-refractivity contribution < 1.29 is 14.3 Å². The zero-order valence-corrected chi connectivity index (χ0v) is 17.4. The number of H-pyrrole nitrogens is 1. The Bertz CT molecular complexity index is 1040. The number of nitrogens with zero attached hydrogens (tertiary/aromatic N) is 1. The van der Waals surface area contributed by atoms with E-state index in [1.54, 1.807) is 0 Å². The second-order valence-corrected chi connectivity index (χ2v) is 7.40. The minimum atomic E-state index is 0.186. The Morgan fingerprint density at radius 1 is 1.07 bits per heavy atom. The molecule has 0 unspecified atom stereocenters. The fourth-order valence-corrected chi connectivity index (χ4v) is 3.89. The smallest absolute Gasteiger partial charge is 0.222 e. The number of aromatic amines is 1. The van der Waals surface area contributed by atoms with Crippen molar-refractivity contribution >= 4 is 22.4 Å². The van der Waals surface area contributed by atoms with Crippen molar-refractivity contribution in [2.24, 2.45) is 0 Å². The molecule has 0 atom stereocenters. The van der Waals surface area contributed by atoms with Gasteiger partial charge in [-0.05, 0) is 43.5 Å². The lowest BCUT2D eigenvalue weighted by Gasteiger charge is -2.26. The van der Waals surface area contributed by atoms with Gasteiger partial charge in [0.05, 0.1) is 13.2 Å². The highest BCUT2D eigenvalue weighted by atomic mass is 16.5. The van der Waals surface area contributed by atoms with Crippen LogP contribution in [0.25, 0.3) is 16.5 Å². The monoisotopic (exact) mass is 404 g/mol. The Hall–Kier alpha value is -3.21. The lowest BCUT2D eigenvalue weighted by Crippen LogP contribution is -2.34. The van der Waals surface area contributed by atoms with Crippen LogP contribution in [0.2, 0.25) is 0 Å². The molecule has 0 saturated carbocycles. The van der Waals surface area contributed by atoms with E-state index in [-0.39, 0.29) is 5.91 Å². The first kappa shape index (κ1) is 20.1. The number of para-hydroxylation sites is 3. The van der Waals surface area contributed by atoms with Gasteiger partial charge in [0.25, 0.3) is 0 Å². The fourth-order valence-electron chi connectivity index (χ4n) is 3.89. The molecule has 1 N–H and O–H groups in total. The standard InChI is InChI=1S/C25H28N2O3/c1-2-29-23-10-5-6-11-24(23)30-17-7-12-25(28)27-15-13-19(14-16-27)21-18-26-22-9-4-3-8-20(21)22/h3-6,8-11,13,18,26H,2,7,12,14-17H2,1H3. The van der Waals surface area contributed by atoms with Crippen LogP contribution in [0.4, 0.5) is 0 Å². The SMILES string of the molecule is CCOc1ccccc1OCCCC(=O)N1CC=C(c2c[nH]c3ccccc23)CC1. The number of amides is 1. The molecule has 1 aliphatic rings. The molecule has 5 heteroatoms. The summed E-state index contributed by atoms with van der Waals surface area (Å²) >= 11 is 0. The van der Waals surface area contributed by atoms with Crippen LogP contribution in [0.5, 0.6) is 11.5 Å². The highest BCUT2D eigenvalue weighted by Crippen LogP contribution is 2.29. The third-order valence-electron chi connectivity index (χ3n) is 5.44. The van der Waals surface area contributed by atoms with Crippen molar-refractivity contribution in [1.82, 2.24) is 9.88 Å². The maximum atomic E-state index is 12.6. The molecule has 0 spiro atoms. The van der Waals surface area contributed by atoms with Crippen LogP contribution in [-0.4, -0.2) is 42.1 Å². The van der Waals surface area contributed by atoms with Gasteiger partial charge in [-0.1, -0.05) is 36.4 Å². The van der Waals surface area contributed by atoms with E-state index < -0.39 is 0 Å². The number of fused-ring (bicyclic) bond motifs is 1. The van der Waals surface area contributed by atoms with Crippen molar-refractivity contribution in [3.63, 3.8) is 0 Å². The van der Waals surface area contributed by atoms with E-state index in [2.05, 4.69) is 35.5 Å². The van der Waals surface area contributed by atoms with Crippen molar-refractivity contribution in [3.8, 4) is 11.5 Å². The van der Waals surface area contributed by atoms with Crippen LogP contribution in [0.15, 0.2) is 60.8 Å². The quantitative estimate of drug-likeness (QED) is 0.535. The van der Waals surface area contributed by atoms with Gasteiger partial charge in [-0.15, -0.1) is 0 Å².